The van der Waals surface area contributed by atoms with Crippen LogP contribution in [0.2, 0.25) is 0 Å². The van der Waals surface area contributed by atoms with E-state index in [-0.39, 0.29) is 19.8 Å². The van der Waals surface area contributed by atoms with Gasteiger partial charge in [-0.2, -0.15) is 0 Å². The number of rotatable bonds is 13. The van der Waals surface area contributed by atoms with Crippen molar-refractivity contribution in [2.45, 2.75) is 51.2 Å². The lowest BCUT2D eigenvalue weighted by molar-refractivity contribution is -0.176. The summed E-state index contributed by atoms with van der Waals surface area (Å²) in [6.07, 6.45) is -2.61. The first-order chi connectivity index (χ1) is 15.7. The molecule has 0 aromatic heterocycles. The standard InChI is InChI=1S/C27H30O5/c1-21(29)26(31-19-23-13-7-3-8-14-23)27(32-20-24-15-9-4-10-16-24)25(17-28)30-18-22-11-5-2-6-12-22/h2-17,21,25-27,29H,18-20H2,1H3/t21-,25-,26-,27+/m1/s1. The van der Waals surface area contributed by atoms with Crippen LogP contribution < -0.4 is 0 Å². The molecule has 3 rings (SSSR count). The van der Waals surface area contributed by atoms with Crippen LogP contribution in [0.5, 0.6) is 0 Å². The quantitative estimate of drug-likeness (QED) is 0.406. The number of aliphatic hydroxyl groups is 1. The van der Waals surface area contributed by atoms with E-state index in [4.69, 9.17) is 14.2 Å². The first-order valence-corrected chi connectivity index (χ1v) is 10.8. The van der Waals surface area contributed by atoms with Crippen molar-refractivity contribution < 1.29 is 24.1 Å². The van der Waals surface area contributed by atoms with Gasteiger partial charge in [-0.3, -0.25) is 0 Å². The van der Waals surface area contributed by atoms with Crippen molar-refractivity contribution in [1.82, 2.24) is 0 Å². The molecule has 0 saturated carbocycles. The van der Waals surface area contributed by atoms with Crippen molar-refractivity contribution in [2.75, 3.05) is 0 Å². The molecule has 0 aliphatic heterocycles. The average molecular weight is 435 g/mol. The van der Waals surface area contributed by atoms with E-state index < -0.39 is 24.4 Å². The zero-order valence-electron chi connectivity index (χ0n) is 18.2. The number of hydrogen-bond acceptors (Lipinski definition) is 5. The number of carbonyl (C=O) groups excluding carboxylic acids is 1. The summed E-state index contributed by atoms with van der Waals surface area (Å²) in [6.45, 7) is 2.43. The summed E-state index contributed by atoms with van der Waals surface area (Å²) in [5, 5.41) is 10.5. The van der Waals surface area contributed by atoms with Gasteiger partial charge in [-0.15, -0.1) is 0 Å². The molecule has 3 aromatic carbocycles. The fourth-order valence-corrected chi connectivity index (χ4v) is 3.40. The zero-order chi connectivity index (χ0) is 22.6. The van der Waals surface area contributed by atoms with Crippen molar-refractivity contribution in [1.29, 1.82) is 0 Å². The van der Waals surface area contributed by atoms with Crippen LogP contribution in [0.4, 0.5) is 0 Å². The van der Waals surface area contributed by atoms with Crippen LogP contribution in [0.3, 0.4) is 0 Å². The van der Waals surface area contributed by atoms with E-state index in [1.165, 1.54) is 0 Å². The van der Waals surface area contributed by atoms with Gasteiger partial charge in [0.1, 0.15) is 18.3 Å². The molecule has 168 valence electrons. The Balaban J connectivity index is 1.76. The largest absolute Gasteiger partial charge is 0.391 e. The Bertz CT molecular complexity index is 899. The molecule has 0 fully saturated rings. The summed E-state index contributed by atoms with van der Waals surface area (Å²) < 4.78 is 18.1. The molecular formula is C27H30O5. The van der Waals surface area contributed by atoms with Gasteiger partial charge in [-0.05, 0) is 23.6 Å². The van der Waals surface area contributed by atoms with E-state index in [0.717, 1.165) is 23.0 Å². The number of benzene rings is 3. The molecule has 5 nitrogen and oxygen atoms in total. The van der Waals surface area contributed by atoms with E-state index in [0.29, 0.717) is 0 Å². The Kier molecular flexibility index (Phi) is 9.60. The lowest BCUT2D eigenvalue weighted by Crippen LogP contribution is -2.48. The smallest absolute Gasteiger partial charge is 0.151 e. The molecular weight excluding hydrogens is 404 g/mol. The van der Waals surface area contributed by atoms with Gasteiger partial charge in [0, 0.05) is 0 Å². The van der Waals surface area contributed by atoms with Crippen LogP contribution in [0, 0.1) is 0 Å². The second-order valence-corrected chi connectivity index (χ2v) is 7.66. The lowest BCUT2D eigenvalue weighted by Gasteiger charge is -2.33. The molecule has 4 atom stereocenters. The summed E-state index contributed by atoms with van der Waals surface area (Å²) in [4.78, 5) is 12.0. The van der Waals surface area contributed by atoms with E-state index in [1.54, 1.807) is 6.92 Å². The van der Waals surface area contributed by atoms with Gasteiger partial charge in [-0.25, -0.2) is 0 Å². The fraction of sp³-hybridized carbons (Fsp3) is 0.296. The SMILES string of the molecule is C[C@@H](O)[C@@H](OCc1ccccc1)[C@@H](OCc1ccccc1)[C@@H](C=O)OCc1ccccc1. The Morgan fingerprint density at radius 3 is 1.41 bits per heavy atom. The third-order valence-electron chi connectivity index (χ3n) is 5.11. The molecule has 0 bridgehead atoms. The maximum Gasteiger partial charge on any atom is 0.151 e. The summed E-state index contributed by atoms with van der Waals surface area (Å²) in [7, 11) is 0. The molecule has 5 heteroatoms. The van der Waals surface area contributed by atoms with Crippen LogP contribution in [0.15, 0.2) is 91.0 Å². The van der Waals surface area contributed by atoms with Crippen molar-refractivity contribution in [3.63, 3.8) is 0 Å². The lowest BCUT2D eigenvalue weighted by atomic mass is 10.0. The van der Waals surface area contributed by atoms with Crippen molar-refractivity contribution in [3.8, 4) is 0 Å². The maximum atomic E-state index is 12.0. The average Bonchev–Trinajstić information content (AvgIpc) is 2.84. The summed E-state index contributed by atoms with van der Waals surface area (Å²) in [6, 6.07) is 29.0. The molecule has 0 radical (unpaired) electrons. The Labute approximate surface area is 189 Å². The fourth-order valence-electron chi connectivity index (χ4n) is 3.40. The minimum absolute atomic E-state index is 0.251. The normalized spacial score (nSPS) is 14.9. The Hall–Kier alpha value is -2.83. The molecule has 1 N–H and O–H groups in total. The predicted molar refractivity (Wildman–Crippen MR) is 123 cm³/mol. The molecule has 3 aromatic rings. The summed E-state index contributed by atoms with van der Waals surface area (Å²) in [5.41, 5.74) is 2.87. The highest BCUT2D eigenvalue weighted by atomic mass is 16.6. The Morgan fingerprint density at radius 1 is 0.656 bits per heavy atom. The van der Waals surface area contributed by atoms with E-state index in [9.17, 15) is 9.90 Å². The molecule has 0 spiro atoms. The second kappa shape index (κ2) is 12.9. The van der Waals surface area contributed by atoms with Crippen LogP contribution in [0.1, 0.15) is 23.6 Å². The summed E-state index contributed by atoms with van der Waals surface area (Å²) in [5.74, 6) is 0. The van der Waals surface area contributed by atoms with Crippen molar-refractivity contribution in [2.24, 2.45) is 0 Å². The van der Waals surface area contributed by atoms with Gasteiger partial charge in [0.25, 0.3) is 0 Å². The number of aliphatic hydroxyl groups excluding tert-OH is 1. The number of hydrogen-bond donors (Lipinski definition) is 1. The molecule has 0 aliphatic rings. The van der Waals surface area contributed by atoms with Crippen LogP contribution in [-0.2, 0) is 38.8 Å². The molecule has 32 heavy (non-hydrogen) atoms. The van der Waals surface area contributed by atoms with Crippen LogP contribution in [-0.4, -0.2) is 35.8 Å². The van der Waals surface area contributed by atoms with E-state index >= 15 is 0 Å². The van der Waals surface area contributed by atoms with Crippen LogP contribution in [0.25, 0.3) is 0 Å². The van der Waals surface area contributed by atoms with Gasteiger partial charge in [0.15, 0.2) is 6.29 Å². The third kappa shape index (κ3) is 7.39. The van der Waals surface area contributed by atoms with E-state index in [2.05, 4.69) is 0 Å². The second-order valence-electron chi connectivity index (χ2n) is 7.66. The summed E-state index contributed by atoms with van der Waals surface area (Å²) >= 11 is 0. The highest BCUT2D eigenvalue weighted by Gasteiger charge is 2.35. The first-order valence-electron chi connectivity index (χ1n) is 10.8. The topological polar surface area (TPSA) is 65.0 Å². The predicted octanol–water partition coefficient (Wildman–Crippen LogP) is 4.32. The van der Waals surface area contributed by atoms with Crippen molar-refractivity contribution in [3.05, 3.63) is 108 Å². The maximum absolute atomic E-state index is 12.0. The molecule has 0 unspecified atom stereocenters. The minimum Gasteiger partial charge on any atom is -0.391 e. The van der Waals surface area contributed by atoms with Crippen molar-refractivity contribution >= 4 is 6.29 Å². The van der Waals surface area contributed by atoms with E-state index in [1.807, 2.05) is 91.0 Å². The monoisotopic (exact) mass is 434 g/mol. The molecule has 0 aliphatic carbocycles. The number of carbonyl (C=O) groups is 1. The first kappa shape index (κ1) is 23.8. The third-order valence-corrected chi connectivity index (χ3v) is 5.11. The molecule has 0 saturated heterocycles. The molecule has 0 amide bonds. The zero-order valence-corrected chi connectivity index (χ0v) is 18.2. The van der Waals surface area contributed by atoms with Gasteiger partial charge in [-0.1, -0.05) is 91.0 Å². The van der Waals surface area contributed by atoms with Gasteiger partial charge >= 0.3 is 0 Å². The van der Waals surface area contributed by atoms with Crippen LogP contribution >= 0.6 is 0 Å². The Morgan fingerprint density at radius 2 is 1.03 bits per heavy atom. The van der Waals surface area contributed by atoms with Gasteiger partial charge in [0.05, 0.1) is 25.9 Å². The van der Waals surface area contributed by atoms with Gasteiger partial charge < -0.3 is 24.1 Å². The highest BCUT2D eigenvalue weighted by molar-refractivity contribution is 5.57. The van der Waals surface area contributed by atoms with Gasteiger partial charge in [0.2, 0.25) is 0 Å². The molecule has 0 heterocycles. The number of ether oxygens (including phenoxy) is 3. The number of aldehydes is 1. The highest BCUT2D eigenvalue weighted by Crippen LogP contribution is 2.20. The minimum atomic E-state index is -0.908.